The molecule has 7 heteroatoms. The van der Waals surface area contributed by atoms with Crippen LogP contribution in [0.15, 0.2) is 48.5 Å². The first-order valence-electron chi connectivity index (χ1n) is 9.61. The minimum atomic E-state index is -0.640. The Bertz CT molecular complexity index is 932. The number of nitro groups is 1. The first-order chi connectivity index (χ1) is 13.7. The van der Waals surface area contributed by atoms with Crippen LogP contribution in [-0.4, -0.2) is 47.7 Å². The molecule has 0 atom stereocenters. The maximum Gasteiger partial charge on any atom is 0.293 e. The standard InChI is InChI=1S/C22H25N3O4/c1-16(26)17-9-10-19(20(15-17)25(28)29)23-11-13-24(14-12-23)21(27)22(2,3)18-7-5-4-6-8-18/h4-10,15H,11-14H2,1-3H3. The highest BCUT2D eigenvalue weighted by atomic mass is 16.6. The highest BCUT2D eigenvalue weighted by Crippen LogP contribution is 2.31. The number of ketones is 1. The fourth-order valence-corrected chi connectivity index (χ4v) is 3.68. The van der Waals surface area contributed by atoms with E-state index in [1.54, 1.807) is 12.1 Å². The fourth-order valence-electron chi connectivity index (χ4n) is 3.68. The van der Waals surface area contributed by atoms with Crippen molar-refractivity contribution < 1.29 is 14.5 Å². The molecule has 0 unspecified atom stereocenters. The lowest BCUT2D eigenvalue weighted by Crippen LogP contribution is -2.53. The summed E-state index contributed by atoms with van der Waals surface area (Å²) in [5.74, 6) is -0.164. The van der Waals surface area contributed by atoms with Gasteiger partial charge in [0.2, 0.25) is 5.91 Å². The van der Waals surface area contributed by atoms with Crippen molar-refractivity contribution in [3.63, 3.8) is 0 Å². The van der Waals surface area contributed by atoms with Crippen LogP contribution < -0.4 is 4.90 Å². The van der Waals surface area contributed by atoms with Crippen molar-refractivity contribution in [2.24, 2.45) is 0 Å². The molecule has 0 aliphatic carbocycles. The lowest BCUT2D eigenvalue weighted by atomic mass is 9.83. The number of rotatable bonds is 5. The van der Waals surface area contributed by atoms with Gasteiger partial charge in [0.1, 0.15) is 5.69 Å². The zero-order valence-electron chi connectivity index (χ0n) is 16.9. The summed E-state index contributed by atoms with van der Waals surface area (Å²) in [7, 11) is 0. The van der Waals surface area contributed by atoms with Gasteiger partial charge in [-0.05, 0) is 38.5 Å². The number of piperazine rings is 1. The summed E-state index contributed by atoms with van der Waals surface area (Å²) < 4.78 is 0. The van der Waals surface area contributed by atoms with Crippen LogP contribution in [0.2, 0.25) is 0 Å². The van der Waals surface area contributed by atoms with Crippen LogP contribution in [0.5, 0.6) is 0 Å². The van der Waals surface area contributed by atoms with Gasteiger partial charge >= 0.3 is 0 Å². The number of carbonyl (C=O) groups is 2. The first kappa shape index (κ1) is 20.5. The molecule has 0 spiro atoms. The van der Waals surface area contributed by atoms with Gasteiger partial charge in [-0.25, -0.2) is 0 Å². The van der Waals surface area contributed by atoms with E-state index in [4.69, 9.17) is 0 Å². The van der Waals surface area contributed by atoms with Crippen LogP contribution in [0, 0.1) is 10.1 Å². The van der Waals surface area contributed by atoms with E-state index in [1.165, 1.54) is 13.0 Å². The van der Waals surface area contributed by atoms with Crippen LogP contribution in [0.1, 0.15) is 36.7 Å². The van der Waals surface area contributed by atoms with Crippen LogP contribution in [-0.2, 0) is 10.2 Å². The summed E-state index contributed by atoms with van der Waals surface area (Å²) in [5, 5.41) is 11.5. The maximum absolute atomic E-state index is 13.1. The number of Topliss-reactive ketones (excluding diaryl/α,β-unsaturated/α-hetero) is 1. The molecule has 7 nitrogen and oxygen atoms in total. The molecule has 2 aromatic carbocycles. The minimum absolute atomic E-state index is 0.0461. The van der Waals surface area contributed by atoms with Gasteiger partial charge in [-0.2, -0.15) is 0 Å². The van der Waals surface area contributed by atoms with Crippen molar-refractivity contribution in [3.05, 3.63) is 69.8 Å². The van der Waals surface area contributed by atoms with Gasteiger partial charge in [-0.3, -0.25) is 19.7 Å². The van der Waals surface area contributed by atoms with E-state index in [2.05, 4.69) is 0 Å². The van der Waals surface area contributed by atoms with Gasteiger partial charge in [-0.1, -0.05) is 30.3 Å². The summed E-state index contributed by atoms with van der Waals surface area (Å²) in [5.41, 5.74) is 1.04. The monoisotopic (exact) mass is 395 g/mol. The van der Waals surface area contributed by atoms with Crippen molar-refractivity contribution in [1.29, 1.82) is 0 Å². The zero-order chi connectivity index (χ0) is 21.2. The Hall–Kier alpha value is -3.22. The topological polar surface area (TPSA) is 83.8 Å². The SMILES string of the molecule is CC(=O)c1ccc(N2CCN(C(=O)C(C)(C)c3ccccc3)CC2)c([N+](=O)[O-])c1. The van der Waals surface area contributed by atoms with Crippen molar-refractivity contribution in [2.45, 2.75) is 26.2 Å². The summed E-state index contributed by atoms with van der Waals surface area (Å²) in [4.78, 5) is 39.4. The van der Waals surface area contributed by atoms with Gasteiger partial charge in [0.05, 0.1) is 10.3 Å². The molecule has 1 aliphatic rings. The number of benzene rings is 2. The van der Waals surface area contributed by atoms with Gasteiger partial charge in [0.15, 0.2) is 5.78 Å². The first-order valence-corrected chi connectivity index (χ1v) is 9.61. The van der Waals surface area contributed by atoms with Gasteiger partial charge in [0, 0.05) is 37.8 Å². The molecule has 152 valence electrons. The molecular formula is C22H25N3O4. The number of nitro benzene ring substituents is 1. The summed E-state index contributed by atoms with van der Waals surface area (Å²) in [6.45, 7) is 7.19. The van der Waals surface area contributed by atoms with Gasteiger partial charge < -0.3 is 9.80 Å². The molecule has 1 fully saturated rings. The second-order valence-electron chi connectivity index (χ2n) is 7.79. The van der Waals surface area contributed by atoms with E-state index in [0.29, 0.717) is 37.4 Å². The second-order valence-corrected chi connectivity index (χ2v) is 7.79. The molecule has 0 aromatic heterocycles. The fraction of sp³-hybridized carbons (Fsp3) is 0.364. The lowest BCUT2D eigenvalue weighted by Gasteiger charge is -2.39. The Morgan fingerprint density at radius 3 is 2.17 bits per heavy atom. The van der Waals surface area contributed by atoms with Gasteiger partial charge in [-0.15, -0.1) is 0 Å². The largest absolute Gasteiger partial charge is 0.362 e. The molecule has 1 amide bonds. The third-order valence-corrected chi connectivity index (χ3v) is 5.52. The molecule has 0 N–H and O–H groups in total. The highest BCUT2D eigenvalue weighted by molar-refractivity contribution is 5.95. The number of anilines is 1. The Kier molecular flexibility index (Phi) is 5.68. The Labute approximate surface area is 170 Å². The molecule has 0 bridgehead atoms. The van der Waals surface area contributed by atoms with E-state index in [9.17, 15) is 19.7 Å². The number of carbonyl (C=O) groups excluding carboxylic acids is 2. The Balaban J connectivity index is 1.75. The van der Waals surface area contributed by atoms with E-state index < -0.39 is 10.3 Å². The lowest BCUT2D eigenvalue weighted by molar-refractivity contribution is -0.384. The molecule has 3 rings (SSSR count). The quantitative estimate of drug-likeness (QED) is 0.440. The van der Waals surface area contributed by atoms with E-state index in [1.807, 2.05) is 54.0 Å². The molecule has 0 saturated carbocycles. The highest BCUT2D eigenvalue weighted by Gasteiger charge is 2.35. The molecule has 0 radical (unpaired) electrons. The third-order valence-electron chi connectivity index (χ3n) is 5.52. The average Bonchev–Trinajstić information content (AvgIpc) is 2.73. The van der Waals surface area contributed by atoms with Crippen LogP contribution in [0.3, 0.4) is 0 Å². The second kappa shape index (κ2) is 8.03. The van der Waals surface area contributed by atoms with E-state index in [-0.39, 0.29) is 17.4 Å². The summed E-state index contributed by atoms with van der Waals surface area (Å²) in [6, 6.07) is 14.2. The van der Waals surface area contributed by atoms with Crippen molar-refractivity contribution in [1.82, 2.24) is 4.90 Å². The molecule has 1 saturated heterocycles. The van der Waals surface area contributed by atoms with Gasteiger partial charge in [0.25, 0.3) is 5.69 Å². The predicted octanol–water partition coefficient (Wildman–Crippen LogP) is 3.42. The predicted molar refractivity (Wildman–Crippen MR) is 111 cm³/mol. The van der Waals surface area contributed by atoms with Crippen molar-refractivity contribution in [2.75, 3.05) is 31.1 Å². The Morgan fingerprint density at radius 2 is 1.62 bits per heavy atom. The third kappa shape index (κ3) is 4.13. The van der Waals surface area contributed by atoms with Crippen LogP contribution in [0.25, 0.3) is 0 Å². The molecule has 1 aliphatic heterocycles. The van der Waals surface area contributed by atoms with Crippen LogP contribution >= 0.6 is 0 Å². The number of amides is 1. The summed E-state index contributed by atoms with van der Waals surface area (Å²) in [6.07, 6.45) is 0. The molecule has 29 heavy (non-hydrogen) atoms. The average molecular weight is 395 g/mol. The Morgan fingerprint density at radius 1 is 1.00 bits per heavy atom. The van der Waals surface area contributed by atoms with E-state index in [0.717, 1.165) is 5.56 Å². The van der Waals surface area contributed by atoms with Crippen LogP contribution in [0.4, 0.5) is 11.4 Å². The van der Waals surface area contributed by atoms with Crippen molar-refractivity contribution in [3.8, 4) is 0 Å². The molecule has 1 heterocycles. The zero-order valence-corrected chi connectivity index (χ0v) is 16.9. The number of hydrogen-bond donors (Lipinski definition) is 0. The summed E-state index contributed by atoms with van der Waals surface area (Å²) >= 11 is 0. The smallest absolute Gasteiger partial charge is 0.293 e. The maximum atomic E-state index is 13.1. The normalized spacial score (nSPS) is 14.6. The van der Waals surface area contributed by atoms with Crippen molar-refractivity contribution >= 4 is 23.1 Å². The molecular weight excluding hydrogens is 370 g/mol. The molecule has 2 aromatic rings. The minimum Gasteiger partial charge on any atom is -0.362 e. The number of hydrogen-bond acceptors (Lipinski definition) is 5. The van der Waals surface area contributed by atoms with E-state index >= 15 is 0 Å². The number of nitrogens with zero attached hydrogens (tertiary/aromatic N) is 3.